The van der Waals surface area contributed by atoms with Gasteiger partial charge >= 0.3 is 6.09 Å². The molecule has 1 fully saturated rings. The fourth-order valence-corrected chi connectivity index (χ4v) is 4.08. The van der Waals surface area contributed by atoms with Crippen molar-refractivity contribution in [2.75, 3.05) is 13.1 Å². The smallest absolute Gasteiger partial charge is 0.410 e. The number of aromatic nitrogens is 2. The number of ether oxygens (including phenoxy) is 2. The molecule has 4 rings (SSSR count). The first-order valence-corrected chi connectivity index (χ1v) is 10.5. The molecule has 0 bridgehead atoms. The summed E-state index contributed by atoms with van der Waals surface area (Å²) in [6.45, 7) is 7.03. The molecular formula is C23H29N3O4. The van der Waals surface area contributed by atoms with Crippen LogP contribution in [0.15, 0.2) is 35.4 Å². The van der Waals surface area contributed by atoms with Gasteiger partial charge in [-0.05, 0) is 51.7 Å². The van der Waals surface area contributed by atoms with Crippen molar-refractivity contribution in [3.8, 4) is 17.0 Å². The van der Waals surface area contributed by atoms with Crippen molar-refractivity contribution in [3.63, 3.8) is 0 Å². The Bertz CT molecular complexity index is 1000. The van der Waals surface area contributed by atoms with Gasteiger partial charge in [0.15, 0.2) is 0 Å². The van der Waals surface area contributed by atoms with Crippen molar-refractivity contribution in [3.05, 3.63) is 46.5 Å². The first-order valence-electron chi connectivity index (χ1n) is 10.5. The molecule has 7 nitrogen and oxygen atoms in total. The fraction of sp³-hybridized carbons (Fsp3) is 0.522. The van der Waals surface area contributed by atoms with Crippen LogP contribution in [0.25, 0.3) is 11.3 Å². The maximum atomic E-state index is 12.3. The number of hydrogen-bond acceptors (Lipinski definition) is 5. The third-order valence-corrected chi connectivity index (χ3v) is 5.76. The second-order valence-electron chi connectivity index (χ2n) is 9.21. The molecular weight excluding hydrogens is 382 g/mol. The summed E-state index contributed by atoms with van der Waals surface area (Å²) in [6, 6.07) is 5.53. The Kier molecular flexibility index (Phi) is 5.30. The molecule has 1 amide bonds. The minimum atomic E-state index is -0.474. The van der Waals surface area contributed by atoms with Gasteiger partial charge in [0.2, 0.25) is 0 Å². The van der Waals surface area contributed by atoms with Gasteiger partial charge in [0.1, 0.15) is 17.5 Å². The van der Waals surface area contributed by atoms with Gasteiger partial charge in [-0.2, -0.15) is 0 Å². The van der Waals surface area contributed by atoms with Crippen LogP contribution < -0.4 is 10.3 Å². The summed E-state index contributed by atoms with van der Waals surface area (Å²) in [5.41, 5.74) is 2.20. The average Bonchev–Trinajstić information content (AvgIpc) is 3.12. The first kappa shape index (κ1) is 20.4. The molecule has 4 heterocycles. The molecule has 0 N–H and O–H groups in total. The molecule has 2 aliphatic rings. The lowest BCUT2D eigenvalue weighted by Crippen LogP contribution is -2.44. The van der Waals surface area contributed by atoms with E-state index in [4.69, 9.17) is 9.47 Å². The van der Waals surface area contributed by atoms with E-state index >= 15 is 0 Å². The molecule has 1 saturated heterocycles. The molecule has 7 heteroatoms. The lowest BCUT2D eigenvalue weighted by Gasteiger charge is -2.35. The second kappa shape index (κ2) is 7.78. The average molecular weight is 412 g/mol. The van der Waals surface area contributed by atoms with Crippen molar-refractivity contribution in [1.82, 2.24) is 14.5 Å². The molecule has 2 aromatic rings. The highest BCUT2D eigenvalue weighted by atomic mass is 16.6. The zero-order valence-corrected chi connectivity index (χ0v) is 18.1. The van der Waals surface area contributed by atoms with Crippen molar-refractivity contribution < 1.29 is 14.3 Å². The minimum absolute atomic E-state index is 0.0549. The zero-order chi connectivity index (χ0) is 21.5. The Balaban J connectivity index is 1.39. The number of carbonyl (C=O) groups is 1. The van der Waals surface area contributed by atoms with Gasteiger partial charge in [0.25, 0.3) is 5.56 Å². The van der Waals surface area contributed by atoms with Crippen LogP contribution in [0.5, 0.6) is 5.75 Å². The summed E-state index contributed by atoms with van der Waals surface area (Å²) < 4.78 is 13.2. The summed E-state index contributed by atoms with van der Waals surface area (Å²) in [5, 5.41) is 0. The van der Waals surface area contributed by atoms with E-state index in [0.717, 1.165) is 41.8 Å². The quantitative estimate of drug-likeness (QED) is 0.757. The number of pyridine rings is 2. The van der Waals surface area contributed by atoms with E-state index in [-0.39, 0.29) is 17.8 Å². The number of fused-ring (bicyclic) bond motifs is 1. The van der Waals surface area contributed by atoms with Crippen molar-refractivity contribution >= 4 is 6.09 Å². The predicted octanol–water partition coefficient (Wildman–Crippen LogP) is 3.40. The van der Waals surface area contributed by atoms with Crippen LogP contribution >= 0.6 is 0 Å². The summed E-state index contributed by atoms with van der Waals surface area (Å²) in [6.07, 6.45) is 6.00. The summed E-state index contributed by atoms with van der Waals surface area (Å²) in [4.78, 5) is 30.5. The van der Waals surface area contributed by atoms with Crippen LogP contribution in [0.3, 0.4) is 0 Å². The largest absolute Gasteiger partial charge is 0.488 e. The van der Waals surface area contributed by atoms with Crippen molar-refractivity contribution in [2.45, 2.75) is 51.7 Å². The Labute approximate surface area is 176 Å². The Morgan fingerprint density at radius 1 is 1.23 bits per heavy atom. The molecule has 2 aliphatic heterocycles. The van der Waals surface area contributed by atoms with E-state index in [1.807, 2.05) is 32.9 Å². The summed E-state index contributed by atoms with van der Waals surface area (Å²) >= 11 is 0. The molecule has 0 aromatic carbocycles. The van der Waals surface area contributed by atoms with E-state index in [1.54, 1.807) is 35.0 Å². The molecule has 1 unspecified atom stereocenters. The highest BCUT2D eigenvalue weighted by Gasteiger charge is 2.35. The molecule has 0 saturated carbocycles. The first-order chi connectivity index (χ1) is 14.2. The molecule has 2 aromatic heterocycles. The third kappa shape index (κ3) is 4.35. The number of piperidine rings is 1. The van der Waals surface area contributed by atoms with Gasteiger partial charge < -0.3 is 18.9 Å². The van der Waals surface area contributed by atoms with Gasteiger partial charge in [0, 0.05) is 49.9 Å². The number of likely N-dealkylation sites (tertiary alicyclic amines) is 1. The predicted molar refractivity (Wildman–Crippen MR) is 114 cm³/mol. The van der Waals surface area contributed by atoms with Crippen LogP contribution in [0.2, 0.25) is 0 Å². The normalized spacial score (nSPS) is 19.3. The number of rotatable bonds is 2. The fourth-order valence-electron chi connectivity index (χ4n) is 4.08. The number of amides is 1. The molecule has 0 radical (unpaired) electrons. The Morgan fingerprint density at radius 2 is 1.97 bits per heavy atom. The molecule has 30 heavy (non-hydrogen) atoms. The maximum Gasteiger partial charge on any atom is 0.410 e. The third-order valence-electron chi connectivity index (χ3n) is 5.76. The van der Waals surface area contributed by atoms with Gasteiger partial charge in [-0.3, -0.25) is 9.78 Å². The topological polar surface area (TPSA) is 73.7 Å². The lowest BCUT2D eigenvalue weighted by molar-refractivity contribution is 0.0123. The maximum absolute atomic E-state index is 12.3. The van der Waals surface area contributed by atoms with Gasteiger partial charge in [-0.15, -0.1) is 0 Å². The number of nitrogens with zero attached hydrogens (tertiary/aromatic N) is 3. The van der Waals surface area contributed by atoms with E-state index in [1.165, 1.54) is 0 Å². The SMILES string of the molecule is Cn1ccc(-c2cc3c(cn2)OC(C2CCN(C(=O)OC(C)(C)C)CC2)C3)cc1=O. The van der Waals surface area contributed by atoms with Crippen molar-refractivity contribution in [1.29, 1.82) is 0 Å². The molecule has 0 spiro atoms. The van der Waals surface area contributed by atoms with Gasteiger partial charge in [-0.25, -0.2) is 4.79 Å². The number of hydrogen-bond donors (Lipinski definition) is 0. The van der Waals surface area contributed by atoms with Crippen LogP contribution in [0.1, 0.15) is 39.2 Å². The van der Waals surface area contributed by atoms with E-state index in [2.05, 4.69) is 4.98 Å². The van der Waals surface area contributed by atoms with Crippen LogP contribution in [-0.4, -0.2) is 45.3 Å². The Hall–Kier alpha value is -2.83. The number of carbonyl (C=O) groups excluding carboxylic acids is 1. The van der Waals surface area contributed by atoms with Crippen LogP contribution in [0.4, 0.5) is 4.79 Å². The van der Waals surface area contributed by atoms with E-state index in [9.17, 15) is 9.59 Å². The van der Waals surface area contributed by atoms with Gasteiger partial charge in [0.05, 0.1) is 11.9 Å². The van der Waals surface area contributed by atoms with Crippen molar-refractivity contribution in [2.24, 2.45) is 13.0 Å². The van der Waals surface area contributed by atoms with E-state index < -0.39 is 5.60 Å². The lowest BCUT2D eigenvalue weighted by atomic mass is 9.89. The highest BCUT2D eigenvalue weighted by Crippen LogP contribution is 2.36. The monoisotopic (exact) mass is 411 g/mol. The molecule has 1 atom stereocenters. The minimum Gasteiger partial charge on any atom is -0.488 e. The number of aryl methyl sites for hydroxylation is 1. The van der Waals surface area contributed by atoms with E-state index in [0.29, 0.717) is 19.0 Å². The van der Waals surface area contributed by atoms with Crippen LogP contribution in [0, 0.1) is 5.92 Å². The summed E-state index contributed by atoms with van der Waals surface area (Å²) in [7, 11) is 1.73. The highest BCUT2D eigenvalue weighted by molar-refractivity contribution is 5.68. The standard InChI is InChI=1S/C23H29N3O4/c1-23(2,3)30-22(28)26-9-6-15(7-10-26)19-12-17-11-18(24-14-20(17)29-19)16-5-8-25(4)21(27)13-16/h5,8,11,13-15,19H,6-7,9-10,12H2,1-4H3. The molecule has 0 aliphatic carbocycles. The molecule has 160 valence electrons. The zero-order valence-electron chi connectivity index (χ0n) is 18.1. The Morgan fingerprint density at radius 3 is 2.63 bits per heavy atom. The van der Waals surface area contributed by atoms with Gasteiger partial charge in [-0.1, -0.05) is 0 Å². The van der Waals surface area contributed by atoms with Crippen LogP contribution in [-0.2, 0) is 18.2 Å². The summed E-state index contributed by atoms with van der Waals surface area (Å²) in [5.74, 6) is 1.21. The second-order valence-corrected chi connectivity index (χ2v) is 9.21.